The summed E-state index contributed by atoms with van der Waals surface area (Å²) in [4.78, 5) is 27.2. The molecule has 0 fully saturated rings. The van der Waals surface area contributed by atoms with Crippen LogP contribution in [0.5, 0.6) is 0 Å². The van der Waals surface area contributed by atoms with Gasteiger partial charge in [-0.2, -0.15) is 0 Å². The third-order valence-electron chi connectivity index (χ3n) is 4.70. The zero-order chi connectivity index (χ0) is 20.8. The van der Waals surface area contributed by atoms with Crippen molar-refractivity contribution in [3.05, 3.63) is 60.3 Å². The second-order valence-electron chi connectivity index (χ2n) is 6.80. The van der Waals surface area contributed by atoms with Crippen molar-refractivity contribution < 1.29 is 9.53 Å². The predicted molar refractivity (Wildman–Crippen MR) is 113 cm³/mol. The molecule has 0 radical (unpaired) electrons. The number of carbonyl (C=O) groups is 1. The Hall–Kier alpha value is -3.32. The number of nitrogens with two attached hydrogens (primary N) is 1. The van der Waals surface area contributed by atoms with Gasteiger partial charge in [0.2, 0.25) is 0 Å². The van der Waals surface area contributed by atoms with Gasteiger partial charge in [0.05, 0.1) is 0 Å². The highest BCUT2D eigenvalue weighted by Gasteiger charge is 2.15. The Balaban J connectivity index is 1.88. The van der Waals surface area contributed by atoms with Crippen LogP contribution in [-0.2, 0) is 4.74 Å². The lowest BCUT2D eigenvalue weighted by Gasteiger charge is -2.17. The van der Waals surface area contributed by atoms with E-state index in [0.717, 1.165) is 34.4 Å². The third-order valence-corrected chi connectivity index (χ3v) is 4.70. The number of carbonyl (C=O) groups excluding carboxylic acids is 1. The van der Waals surface area contributed by atoms with Crippen LogP contribution in [0.15, 0.2) is 48.9 Å². The number of ether oxygens (including phenoxy) is 1. The number of hydrogen-bond donors (Lipinski definition) is 1. The number of aryl methyl sites for hydroxylation is 1. The highest BCUT2D eigenvalue weighted by molar-refractivity contribution is 5.93. The van der Waals surface area contributed by atoms with Gasteiger partial charge in [-0.25, -0.2) is 4.98 Å². The molecule has 1 amide bonds. The van der Waals surface area contributed by atoms with Crippen molar-refractivity contribution in [1.82, 2.24) is 19.9 Å². The van der Waals surface area contributed by atoms with Crippen LogP contribution in [0, 0.1) is 6.92 Å². The van der Waals surface area contributed by atoms with Gasteiger partial charge >= 0.3 is 0 Å². The fourth-order valence-electron chi connectivity index (χ4n) is 3.15. The molecule has 3 aromatic heterocycles. The molecule has 3 aromatic rings. The second kappa shape index (κ2) is 9.25. The molecule has 7 heteroatoms. The molecule has 150 valence electrons. The summed E-state index contributed by atoms with van der Waals surface area (Å²) in [5, 5.41) is 0. The van der Waals surface area contributed by atoms with E-state index >= 15 is 0 Å². The van der Waals surface area contributed by atoms with Crippen molar-refractivity contribution in [3.8, 4) is 22.3 Å². The number of hydrogen-bond acceptors (Lipinski definition) is 6. The van der Waals surface area contributed by atoms with Crippen LogP contribution in [0.3, 0.4) is 0 Å². The maximum absolute atomic E-state index is 12.6. The molecule has 0 saturated carbocycles. The molecule has 29 heavy (non-hydrogen) atoms. The van der Waals surface area contributed by atoms with Crippen molar-refractivity contribution in [3.63, 3.8) is 0 Å². The minimum absolute atomic E-state index is 0.110. The molecular formula is C22H25N5O2. The van der Waals surface area contributed by atoms with E-state index in [1.54, 1.807) is 49.8 Å². The van der Waals surface area contributed by atoms with Gasteiger partial charge in [-0.15, -0.1) is 0 Å². The largest absolute Gasteiger partial charge is 0.385 e. The second-order valence-corrected chi connectivity index (χ2v) is 6.80. The highest BCUT2D eigenvalue weighted by Crippen LogP contribution is 2.33. The van der Waals surface area contributed by atoms with Crippen molar-refractivity contribution in [1.29, 1.82) is 0 Å². The molecule has 0 atom stereocenters. The van der Waals surface area contributed by atoms with E-state index in [1.807, 2.05) is 25.1 Å². The summed E-state index contributed by atoms with van der Waals surface area (Å²) in [7, 11) is 3.42. The Kier molecular flexibility index (Phi) is 6.51. The molecule has 7 nitrogen and oxygen atoms in total. The summed E-state index contributed by atoms with van der Waals surface area (Å²) < 4.78 is 5.04. The molecule has 0 spiro atoms. The number of amides is 1. The Labute approximate surface area is 170 Å². The van der Waals surface area contributed by atoms with E-state index in [9.17, 15) is 4.79 Å². The summed E-state index contributed by atoms with van der Waals surface area (Å²) in [5.74, 6) is 0.359. The van der Waals surface area contributed by atoms with Crippen molar-refractivity contribution in [2.75, 3.05) is 33.0 Å². The van der Waals surface area contributed by atoms with Crippen molar-refractivity contribution >= 4 is 11.7 Å². The smallest absolute Gasteiger partial charge is 0.272 e. The number of anilines is 1. The van der Waals surface area contributed by atoms with Crippen LogP contribution in [0.1, 0.15) is 22.6 Å². The molecule has 3 heterocycles. The zero-order valence-electron chi connectivity index (χ0n) is 16.9. The first-order valence-electron chi connectivity index (χ1n) is 9.39. The van der Waals surface area contributed by atoms with Crippen LogP contribution in [0.4, 0.5) is 5.82 Å². The third kappa shape index (κ3) is 4.75. The SMILES string of the molecule is COCCCN(C)C(=O)c1ccc(-c2ccnc(C)c2-c2ccc(N)nc2)cn1. The fourth-order valence-corrected chi connectivity index (χ4v) is 3.15. The average molecular weight is 391 g/mol. The quantitative estimate of drug-likeness (QED) is 0.622. The van der Waals surface area contributed by atoms with E-state index < -0.39 is 0 Å². The first-order valence-corrected chi connectivity index (χ1v) is 9.39. The lowest BCUT2D eigenvalue weighted by Crippen LogP contribution is -2.29. The van der Waals surface area contributed by atoms with E-state index in [4.69, 9.17) is 10.5 Å². The van der Waals surface area contributed by atoms with Gasteiger partial charge in [0.25, 0.3) is 5.91 Å². The van der Waals surface area contributed by atoms with Gasteiger partial charge in [0.15, 0.2) is 0 Å². The molecule has 0 saturated heterocycles. The Morgan fingerprint density at radius 1 is 1.07 bits per heavy atom. The van der Waals surface area contributed by atoms with E-state index in [-0.39, 0.29) is 5.91 Å². The fraction of sp³-hybridized carbons (Fsp3) is 0.273. The predicted octanol–water partition coefficient (Wildman–Crippen LogP) is 3.20. The number of rotatable bonds is 7. The number of methoxy groups -OCH3 is 1. The van der Waals surface area contributed by atoms with Crippen LogP contribution in [0.2, 0.25) is 0 Å². The van der Waals surface area contributed by atoms with Crippen LogP contribution >= 0.6 is 0 Å². The monoisotopic (exact) mass is 391 g/mol. The van der Waals surface area contributed by atoms with Crippen LogP contribution in [-0.4, -0.2) is 53.1 Å². The topological polar surface area (TPSA) is 94.2 Å². The Morgan fingerprint density at radius 3 is 2.48 bits per heavy atom. The van der Waals surface area contributed by atoms with E-state index in [2.05, 4.69) is 15.0 Å². The van der Waals surface area contributed by atoms with Crippen LogP contribution < -0.4 is 5.73 Å². The maximum Gasteiger partial charge on any atom is 0.272 e. The summed E-state index contributed by atoms with van der Waals surface area (Å²) >= 11 is 0. The van der Waals surface area contributed by atoms with E-state index in [0.29, 0.717) is 24.7 Å². The maximum atomic E-state index is 12.6. The van der Waals surface area contributed by atoms with E-state index in [1.165, 1.54) is 0 Å². The minimum atomic E-state index is -0.110. The normalized spacial score (nSPS) is 10.7. The first-order chi connectivity index (χ1) is 14.0. The average Bonchev–Trinajstić information content (AvgIpc) is 2.74. The van der Waals surface area contributed by atoms with Crippen molar-refractivity contribution in [2.45, 2.75) is 13.3 Å². The number of pyridine rings is 3. The van der Waals surface area contributed by atoms with Gasteiger partial charge in [-0.3, -0.25) is 14.8 Å². The lowest BCUT2D eigenvalue weighted by atomic mass is 9.95. The summed E-state index contributed by atoms with van der Waals surface area (Å²) in [6, 6.07) is 9.30. The summed E-state index contributed by atoms with van der Waals surface area (Å²) in [5.41, 5.74) is 10.8. The zero-order valence-corrected chi connectivity index (χ0v) is 16.9. The number of nitrogens with zero attached hydrogens (tertiary/aromatic N) is 4. The molecule has 2 N–H and O–H groups in total. The first kappa shape index (κ1) is 20.4. The lowest BCUT2D eigenvalue weighted by molar-refractivity contribution is 0.0773. The van der Waals surface area contributed by atoms with Crippen molar-refractivity contribution in [2.24, 2.45) is 0 Å². The van der Waals surface area contributed by atoms with Gasteiger partial charge in [-0.05, 0) is 43.2 Å². The minimum Gasteiger partial charge on any atom is -0.385 e. The van der Waals surface area contributed by atoms with Gasteiger partial charge in [-0.1, -0.05) is 6.07 Å². The molecule has 0 bridgehead atoms. The van der Waals surface area contributed by atoms with Gasteiger partial charge < -0.3 is 15.4 Å². The molecule has 3 rings (SSSR count). The molecule has 0 unspecified atom stereocenters. The molecular weight excluding hydrogens is 366 g/mol. The summed E-state index contributed by atoms with van der Waals surface area (Å²) in [6.45, 7) is 3.19. The molecule has 0 aliphatic heterocycles. The standard InChI is InChI=1S/C22H25N5O2/c1-15-21(17-6-8-20(23)26-14-17)18(9-10-24-15)16-5-7-19(25-13-16)22(28)27(2)11-4-12-29-3/h5-10,13-14H,4,11-12H2,1-3H3,(H2,23,26). The highest BCUT2D eigenvalue weighted by atomic mass is 16.5. The molecule has 0 aromatic carbocycles. The Morgan fingerprint density at radius 2 is 1.83 bits per heavy atom. The Bertz CT molecular complexity index is 971. The van der Waals surface area contributed by atoms with Crippen LogP contribution in [0.25, 0.3) is 22.3 Å². The van der Waals surface area contributed by atoms with Gasteiger partial charge in [0.1, 0.15) is 11.5 Å². The number of nitrogen functional groups attached to an aromatic ring is 1. The molecule has 0 aliphatic carbocycles. The van der Waals surface area contributed by atoms with Gasteiger partial charge in [0, 0.05) is 68.3 Å². The summed E-state index contributed by atoms with van der Waals surface area (Å²) in [6.07, 6.45) is 6.01. The molecule has 0 aliphatic rings. The number of aromatic nitrogens is 3.